The summed E-state index contributed by atoms with van der Waals surface area (Å²) in [5.74, 6) is 0. The smallest absolute Gasteiger partial charge is 0.189 e. The number of piperidine rings is 1. The van der Waals surface area contributed by atoms with Gasteiger partial charge in [-0.3, -0.25) is 4.79 Å². The highest BCUT2D eigenvalue weighted by Crippen LogP contribution is 2.23. The Morgan fingerprint density at radius 1 is 0.880 bits per heavy atom. The quantitative estimate of drug-likeness (QED) is 0.738. The molecule has 2 aromatic carbocycles. The van der Waals surface area contributed by atoms with Crippen LogP contribution >= 0.6 is 0 Å². The Kier molecular flexibility index (Phi) is 4.25. The van der Waals surface area contributed by atoms with Crippen molar-refractivity contribution >= 4 is 21.8 Å². The summed E-state index contributed by atoms with van der Waals surface area (Å²) in [7, 11) is 0. The molecule has 0 amide bonds. The fourth-order valence-corrected chi connectivity index (χ4v) is 3.73. The van der Waals surface area contributed by atoms with Gasteiger partial charge in [0.15, 0.2) is 5.43 Å². The van der Waals surface area contributed by atoms with Gasteiger partial charge in [0, 0.05) is 22.9 Å². The fraction of sp³-hybridized carbons (Fsp3) is 0.450. The predicted octanol–water partition coefficient (Wildman–Crippen LogP) is 3.05. The molecule has 0 atom stereocenters. The Morgan fingerprint density at radius 2 is 1.56 bits per heavy atom. The second-order valence-corrected chi connectivity index (χ2v) is 7.02. The number of hydrogen-bond acceptors (Lipinski definition) is 4. The SMILES string of the molecule is Cc1c(C)c2nn(CCN3CCCCC3)nc2c2ccccc2c1=O. The molecule has 1 saturated heterocycles. The zero-order valence-electron chi connectivity index (χ0n) is 15.0. The number of aromatic nitrogens is 3. The van der Waals surface area contributed by atoms with E-state index >= 15 is 0 Å². The molecule has 1 fully saturated rings. The van der Waals surface area contributed by atoms with Gasteiger partial charge in [0.1, 0.15) is 11.0 Å². The summed E-state index contributed by atoms with van der Waals surface area (Å²) in [6.07, 6.45) is 3.93. The van der Waals surface area contributed by atoms with E-state index in [1.54, 1.807) is 0 Å². The van der Waals surface area contributed by atoms with Crippen LogP contribution in [0.4, 0.5) is 0 Å². The Labute approximate surface area is 147 Å². The molecule has 2 heterocycles. The van der Waals surface area contributed by atoms with Crippen molar-refractivity contribution in [3.8, 4) is 0 Å². The van der Waals surface area contributed by atoms with E-state index in [0.717, 1.165) is 46.0 Å². The lowest BCUT2D eigenvalue weighted by Gasteiger charge is -2.25. The summed E-state index contributed by atoms with van der Waals surface area (Å²) in [5, 5.41) is 11.1. The molecule has 0 bridgehead atoms. The van der Waals surface area contributed by atoms with Gasteiger partial charge >= 0.3 is 0 Å². The van der Waals surface area contributed by atoms with E-state index < -0.39 is 0 Å². The van der Waals surface area contributed by atoms with Gasteiger partial charge in [0.25, 0.3) is 0 Å². The standard InChI is InChI=1S/C20H24N4O/c1-14-15(2)20(25)17-9-5-4-8-16(17)19-18(14)21-24(22-19)13-12-23-10-6-3-7-11-23/h4-5,8-9H,3,6-7,10-13H2,1-2H3. The zero-order chi connectivity index (χ0) is 17.4. The third kappa shape index (κ3) is 2.93. The molecule has 0 spiro atoms. The molecule has 5 nitrogen and oxygen atoms in total. The zero-order valence-corrected chi connectivity index (χ0v) is 15.0. The van der Waals surface area contributed by atoms with E-state index in [4.69, 9.17) is 10.2 Å². The third-order valence-corrected chi connectivity index (χ3v) is 5.41. The summed E-state index contributed by atoms with van der Waals surface area (Å²) in [6, 6.07) is 7.72. The molecule has 25 heavy (non-hydrogen) atoms. The van der Waals surface area contributed by atoms with E-state index in [1.165, 1.54) is 32.4 Å². The van der Waals surface area contributed by atoms with Crippen LogP contribution in [0.25, 0.3) is 21.8 Å². The van der Waals surface area contributed by atoms with Crippen LogP contribution in [0.3, 0.4) is 0 Å². The van der Waals surface area contributed by atoms with Crippen LogP contribution < -0.4 is 5.43 Å². The highest BCUT2D eigenvalue weighted by Gasteiger charge is 2.15. The third-order valence-electron chi connectivity index (χ3n) is 5.41. The maximum Gasteiger partial charge on any atom is 0.189 e. The van der Waals surface area contributed by atoms with Crippen molar-refractivity contribution < 1.29 is 0 Å². The molecule has 0 N–H and O–H groups in total. The van der Waals surface area contributed by atoms with E-state index in [2.05, 4.69) is 4.90 Å². The molecule has 0 radical (unpaired) electrons. The lowest BCUT2D eigenvalue weighted by Crippen LogP contribution is -2.32. The van der Waals surface area contributed by atoms with Crippen LogP contribution in [0, 0.1) is 13.8 Å². The molecule has 3 aromatic rings. The van der Waals surface area contributed by atoms with Crippen molar-refractivity contribution in [2.75, 3.05) is 19.6 Å². The van der Waals surface area contributed by atoms with Gasteiger partial charge in [-0.15, -0.1) is 0 Å². The van der Waals surface area contributed by atoms with Crippen molar-refractivity contribution in [1.82, 2.24) is 19.9 Å². The van der Waals surface area contributed by atoms with Gasteiger partial charge < -0.3 is 4.90 Å². The molecule has 1 aliphatic rings. The average molecular weight is 336 g/mol. The first-order chi connectivity index (χ1) is 12.1. The first-order valence-corrected chi connectivity index (χ1v) is 9.14. The van der Waals surface area contributed by atoms with Gasteiger partial charge in [-0.2, -0.15) is 15.0 Å². The van der Waals surface area contributed by atoms with Gasteiger partial charge in [0.05, 0.1) is 6.54 Å². The van der Waals surface area contributed by atoms with Gasteiger partial charge in [0.2, 0.25) is 0 Å². The molecule has 130 valence electrons. The number of aryl methyl sites for hydroxylation is 1. The van der Waals surface area contributed by atoms with Gasteiger partial charge in [-0.1, -0.05) is 30.7 Å². The maximum absolute atomic E-state index is 12.7. The Morgan fingerprint density at radius 3 is 2.32 bits per heavy atom. The molecule has 0 unspecified atom stereocenters. The van der Waals surface area contributed by atoms with Crippen LogP contribution in [0.5, 0.6) is 0 Å². The van der Waals surface area contributed by atoms with Crippen molar-refractivity contribution in [1.29, 1.82) is 0 Å². The van der Waals surface area contributed by atoms with E-state index in [0.29, 0.717) is 0 Å². The normalized spacial score (nSPS) is 15.9. The van der Waals surface area contributed by atoms with Crippen LogP contribution in [0.15, 0.2) is 29.1 Å². The highest BCUT2D eigenvalue weighted by molar-refractivity contribution is 6.03. The number of rotatable bonds is 3. The van der Waals surface area contributed by atoms with Crippen LogP contribution in [0.2, 0.25) is 0 Å². The van der Waals surface area contributed by atoms with E-state index in [-0.39, 0.29) is 5.43 Å². The number of fused-ring (bicyclic) bond motifs is 3. The summed E-state index contributed by atoms with van der Waals surface area (Å²) in [4.78, 5) is 17.0. The van der Waals surface area contributed by atoms with E-state index in [1.807, 2.05) is 42.9 Å². The van der Waals surface area contributed by atoms with Crippen LogP contribution in [-0.2, 0) is 6.54 Å². The second-order valence-electron chi connectivity index (χ2n) is 7.02. The summed E-state index contributed by atoms with van der Waals surface area (Å²) in [5.41, 5.74) is 3.44. The lowest BCUT2D eigenvalue weighted by molar-refractivity contribution is 0.214. The number of benzene rings is 1. The summed E-state index contributed by atoms with van der Waals surface area (Å²) < 4.78 is 0. The molecular weight excluding hydrogens is 312 g/mol. The van der Waals surface area contributed by atoms with Gasteiger partial charge in [-0.25, -0.2) is 0 Å². The number of likely N-dealkylation sites (tertiary alicyclic amines) is 1. The Balaban J connectivity index is 1.79. The highest BCUT2D eigenvalue weighted by atomic mass is 16.1. The van der Waals surface area contributed by atoms with Crippen LogP contribution in [0.1, 0.15) is 30.4 Å². The Hall–Kier alpha value is -2.27. The monoisotopic (exact) mass is 336 g/mol. The lowest BCUT2D eigenvalue weighted by atomic mass is 10.1. The van der Waals surface area contributed by atoms with Gasteiger partial charge in [-0.05, 0) is 45.3 Å². The molecule has 0 saturated carbocycles. The topological polar surface area (TPSA) is 51.0 Å². The average Bonchev–Trinajstić information content (AvgIpc) is 3.07. The van der Waals surface area contributed by atoms with Crippen molar-refractivity contribution in [2.45, 2.75) is 39.7 Å². The molecule has 0 aliphatic carbocycles. The maximum atomic E-state index is 12.7. The number of hydrogen-bond donors (Lipinski definition) is 0. The molecule has 4 rings (SSSR count). The first-order valence-electron chi connectivity index (χ1n) is 9.14. The predicted molar refractivity (Wildman–Crippen MR) is 101 cm³/mol. The molecular formula is C20H24N4O. The number of nitrogens with zero attached hydrogens (tertiary/aromatic N) is 4. The largest absolute Gasteiger partial charge is 0.301 e. The molecule has 1 aliphatic heterocycles. The van der Waals surface area contributed by atoms with Crippen LogP contribution in [-0.4, -0.2) is 39.5 Å². The minimum absolute atomic E-state index is 0.0766. The van der Waals surface area contributed by atoms with E-state index in [9.17, 15) is 4.79 Å². The second kappa shape index (κ2) is 6.56. The summed E-state index contributed by atoms with van der Waals surface area (Å²) in [6.45, 7) is 7.98. The van der Waals surface area contributed by atoms with Crippen molar-refractivity contribution in [3.63, 3.8) is 0 Å². The first kappa shape index (κ1) is 16.2. The summed E-state index contributed by atoms with van der Waals surface area (Å²) >= 11 is 0. The molecule has 1 aromatic heterocycles. The minimum atomic E-state index is 0.0766. The van der Waals surface area contributed by atoms with Crippen molar-refractivity contribution in [2.24, 2.45) is 0 Å². The Bertz CT molecular complexity index is 986. The van der Waals surface area contributed by atoms with Crippen molar-refractivity contribution in [3.05, 3.63) is 45.6 Å². The fourth-order valence-electron chi connectivity index (χ4n) is 3.73. The minimum Gasteiger partial charge on any atom is -0.301 e. The molecule has 5 heteroatoms.